The van der Waals surface area contributed by atoms with E-state index in [0.29, 0.717) is 13.2 Å². The molecule has 0 saturated carbocycles. The Bertz CT molecular complexity index is 864. The van der Waals surface area contributed by atoms with E-state index in [2.05, 4.69) is 35.3 Å². The average Bonchev–Trinajstić information content (AvgIpc) is 2.58. The van der Waals surface area contributed by atoms with E-state index in [-0.39, 0.29) is 18.2 Å². The molecule has 1 fully saturated rings. The summed E-state index contributed by atoms with van der Waals surface area (Å²) in [7, 11) is 0. The van der Waals surface area contributed by atoms with Gasteiger partial charge in [0.2, 0.25) is 0 Å². The Balaban J connectivity index is 1.69. The number of fused-ring (bicyclic) bond motifs is 3. The van der Waals surface area contributed by atoms with Crippen LogP contribution in [0.4, 0.5) is 4.79 Å². The lowest BCUT2D eigenvalue weighted by Gasteiger charge is -2.44. The number of amides is 1. The number of hydrogen-bond acceptors (Lipinski definition) is 4. The van der Waals surface area contributed by atoms with Crippen molar-refractivity contribution in [2.24, 2.45) is 0 Å². The second-order valence-electron chi connectivity index (χ2n) is 7.94. The van der Waals surface area contributed by atoms with E-state index in [0.717, 1.165) is 11.8 Å². The van der Waals surface area contributed by atoms with Crippen molar-refractivity contribution in [3.05, 3.63) is 48.3 Å². The molecule has 3 heterocycles. The number of pyridine rings is 1. The van der Waals surface area contributed by atoms with Gasteiger partial charge in [0.1, 0.15) is 5.60 Å². The standard InChI is InChI=1S/C21H24N2O3/c1-21(2,3)26-20(24)23-16-9-15(10-17(23)13-25-12-16)18-6-4-5-14-11-22-8-7-19(14)18/h4-9,11,16-17H,10,12-13H2,1-3H3. The number of nitrogens with zero attached hydrogens (tertiary/aromatic N) is 2. The summed E-state index contributed by atoms with van der Waals surface area (Å²) >= 11 is 0. The van der Waals surface area contributed by atoms with Gasteiger partial charge >= 0.3 is 6.09 Å². The first-order valence-electron chi connectivity index (χ1n) is 9.05. The first-order chi connectivity index (χ1) is 12.4. The Morgan fingerprint density at radius 1 is 1.27 bits per heavy atom. The van der Waals surface area contributed by atoms with Crippen LogP contribution in [0, 0.1) is 0 Å². The van der Waals surface area contributed by atoms with Crippen LogP contribution in [0.3, 0.4) is 0 Å². The van der Waals surface area contributed by atoms with E-state index in [1.165, 1.54) is 16.5 Å². The number of hydrogen-bond donors (Lipinski definition) is 0. The number of morpholine rings is 1. The van der Waals surface area contributed by atoms with E-state index in [1.54, 1.807) is 0 Å². The maximum atomic E-state index is 12.7. The van der Waals surface area contributed by atoms with Gasteiger partial charge in [0.05, 0.1) is 25.3 Å². The number of rotatable bonds is 1. The highest BCUT2D eigenvalue weighted by atomic mass is 16.6. The van der Waals surface area contributed by atoms with Crippen LogP contribution >= 0.6 is 0 Å². The molecule has 5 nitrogen and oxygen atoms in total. The predicted molar refractivity (Wildman–Crippen MR) is 101 cm³/mol. The minimum atomic E-state index is -0.501. The van der Waals surface area contributed by atoms with Crippen molar-refractivity contribution < 1.29 is 14.3 Å². The highest BCUT2D eigenvalue weighted by Gasteiger charge is 2.40. The number of carbonyl (C=O) groups excluding carboxylic acids is 1. The van der Waals surface area contributed by atoms with Gasteiger partial charge in [0, 0.05) is 17.8 Å². The largest absolute Gasteiger partial charge is 0.444 e. The smallest absolute Gasteiger partial charge is 0.411 e. The quantitative estimate of drug-likeness (QED) is 0.778. The van der Waals surface area contributed by atoms with Crippen molar-refractivity contribution >= 4 is 22.4 Å². The summed E-state index contributed by atoms with van der Waals surface area (Å²) in [6.07, 6.45) is 6.38. The molecule has 1 aromatic heterocycles. The third kappa shape index (κ3) is 3.19. The lowest BCUT2D eigenvalue weighted by atomic mass is 9.88. The van der Waals surface area contributed by atoms with Gasteiger partial charge in [-0.15, -0.1) is 0 Å². The van der Waals surface area contributed by atoms with Crippen molar-refractivity contribution in [1.82, 2.24) is 9.88 Å². The number of carbonyl (C=O) groups is 1. The highest BCUT2D eigenvalue weighted by Crippen LogP contribution is 2.36. The van der Waals surface area contributed by atoms with E-state index in [9.17, 15) is 4.79 Å². The zero-order chi connectivity index (χ0) is 18.3. The molecule has 0 aliphatic carbocycles. The number of aromatic nitrogens is 1. The summed E-state index contributed by atoms with van der Waals surface area (Å²) in [6.45, 7) is 6.73. The summed E-state index contributed by atoms with van der Waals surface area (Å²) in [5.41, 5.74) is 1.98. The molecule has 5 heteroatoms. The zero-order valence-corrected chi connectivity index (χ0v) is 15.4. The average molecular weight is 352 g/mol. The Morgan fingerprint density at radius 3 is 2.88 bits per heavy atom. The fourth-order valence-corrected chi connectivity index (χ4v) is 3.80. The summed E-state index contributed by atoms with van der Waals surface area (Å²) in [5.74, 6) is 0. The van der Waals surface area contributed by atoms with Crippen molar-refractivity contribution in [2.45, 2.75) is 44.9 Å². The second kappa shape index (κ2) is 6.40. The lowest BCUT2D eigenvalue weighted by molar-refractivity contribution is -0.0510. The molecular weight excluding hydrogens is 328 g/mol. The van der Waals surface area contributed by atoms with Gasteiger partial charge in [-0.05, 0) is 49.8 Å². The van der Waals surface area contributed by atoms with E-state index >= 15 is 0 Å². The van der Waals surface area contributed by atoms with E-state index in [4.69, 9.17) is 9.47 Å². The first-order valence-corrected chi connectivity index (χ1v) is 9.05. The lowest BCUT2D eigenvalue weighted by Crippen LogP contribution is -2.57. The fourth-order valence-electron chi connectivity index (χ4n) is 3.80. The molecule has 2 aliphatic rings. The third-order valence-corrected chi connectivity index (χ3v) is 4.83. The van der Waals surface area contributed by atoms with E-state index < -0.39 is 5.60 Å². The fraction of sp³-hybridized carbons (Fsp3) is 0.429. The van der Waals surface area contributed by atoms with Crippen LogP contribution in [0.2, 0.25) is 0 Å². The molecule has 26 heavy (non-hydrogen) atoms. The molecule has 2 unspecified atom stereocenters. The minimum absolute atomic E-state index is 0.000642. The zero-order valence-electron chi connectivity index (χ0n) is 15.4. The molecule has 1 saturated heterocycles. The number of benzene rings is 1. The molecular formula is C21H24N2O3. The monoisotopic (exact) mass is 352 g/mol. The van der Waals surface area contributed by atoms with Crippen LogP contribution in [0.1, 0.15) is 32.8 Å². The summed E-state index contributed by atoms with van der Waals surface area (Å²) < 4.78 is 11.3. The van der Waals surface area contributed by atoms with Gasteiger partial charge in [-0.3, -0.25) is 9.88 Å². The molecule has 0 N–H and O–H groups in total. The molecule has 136 valence electrons. The Labute approximate surface area is 153 Å². The predicted octanol–water partition coefficient (Wildman–Crippen LogP) is 4.03. The summed E-state index contributed by atoms with van der Waals surface area (Å²) in [5, 5.41) is 2.32. The maximum Gasteiger partial charge on any atom is 0.411 e. The molecule has 2 atom stereocenters. The van der Waals surface area contributed by atoms with Crippen LogP contribution in [-0.2, 0) is 9.47 Å². The Kier molecular flexibility index (Phi) is 4.19. The molecule has 1 aromatic carbocycles. The van der Waals surface area contributed by atoms with Crippen molar-refractivity contribution in [1.29, 1.82) is 0 Å². The van der Waals surface area contributed by atoms with Gasteiger partial charge in [-0.2, -0.15) is 0 Å². The molecule has 2 aromatic rings. The van der Waals surface area contributed by atoms with Crippen LogP contribution in [0.25, 0.3) is 16.3 Å². The van der Waals surface area contributed by atoms with Gasteiger partial charge in [-0.25, -0.2) is 4.79 Å². The minimum Gasteiger partial charge on any atom is -0.444 e. The molecule has 4 rings (SSSR count). The normalized spacial score (nSPS) is 22.9. The summed E-state index contributed by atoms with van der Waals surface area (Å²) in [6, 6.07) is 8.25. The SMILES string of the molecule is CC(C)(C)OC(=O)N1C2C=C(c3cccc4cnccc34)CC1COC2. The van der Waals surface area contributed by atoms with Crippen molar-refractivity contribution in [2.75, 3.05) is 13.2 Å². The van der Waals surface area contributed by atoms with Gasteiger partial charge in [0.15, 0.2) is 0 Å². The number of ether oxygens (including phenoxy) is 2. The topological polar surface area (TPSA) is 51.7 Å². The second-order valence-corrected chi connectivity index (χ2v) is 7.94. The molecule has 0 spiro atoms. The summed E-state index contributed by atoms with van der Waals surface area (Å²) in [4.78, 5) is 18.8. The maximum absolute atomic E-state index is 12.7. The van der Waals surface area contributed by atoms with Gasteiger partial charge < -0.3 is 9.47 Å². The van der Waals surface area contributed by atoms with Crippen molar-refractivity contribution in [3.8, 4) is 0 Å². The molecule has 2 aliphatic heterocycles. The molecule has 1 amide bonds. The Morgan fingerprint density at radius 2 is 2.12 bits per heavy atom. The van der Waals surface area contributed by atoms with Gasteiger partial charge in [-0.1, -0.05) is 24.3 Å². The Hall–Kier alpha value is -2.40. The van der Waals surface area contributed by atoms with Gasteiger partial charge in [0.25, 0.3) is 0 Å². The molecule has 0 radical (unpaired) electrons. The van der Waals surface area contributed by atoms with E-state index in [1.807, 2.05) is 38.1 Å². The van der Waals surface area contributed by atoms with Crippen LogP contribution in [0.15, 0.2) is 42.7 Å². The third-order valence-electron chi connectivity index (χ3n) is 4.83. The molecule has 2 bridgehead atoms. The van der Waals surface area contributed by atoms with Crippen molar-refractivity contribution in [3.63, 3.8) is 0 Å². The first kappa shape index (κ1) is 17.0. The highest BCUT2D eigenvalue weighted by molar-refractivity contribution is 5.94. The van der Waals surface area contributed by atoms with Crippen LogP contribution < -0.4 is 0 Å². The van der Waals surface area contributed by atoms with Crippen LogP contribution in [0.5, 0.6) is 0 Å². The van der Waals surface area contributed by atoms with Crippen LogP contribution in [-0.4, -0.2) is 46.9 Å².